The van der Waals surface area contributed by atoms with Crippen molar-refractivity contribution in [3.63, 3.8) is 0 Å². The molecule has 1 aromatic heterocycles. The van der Waals surface area contributed by atoms with E-state index >= 15 is 0 Å². The molecule has 54 valence electrons. The Morgan fingerprint density at radius 3 is 3.20 bits per heavy atom. The molecule has 1 aliphatic rings. The molecular weight excluding hydrogens is 130 g/mol. The molecule has 3 heteroatoms. The molecule has 0 spiro atoms. The smallest absolute Gasteiger partial charge is 0.144 e. The summed E-state index contributed by atoms with van der Waals surface area (Å²) < 4.78 is 10.3. The van der Waals surface area contributed by atoms with E-state index in [9.17, 15) is 0 Å². The van der Waals surface area contributed by atoms with Crippen LogP contribution in [0.25, 0.3) is 0 Å². The van der Waals surface area contributed by atoms with Crippen molar-refractivity contribution < 1.29 is 9.26 Å². The molecule has 0 aromatic carbocycles. The summed E-state index contributed by atoms with van der Waals surface area (Å²) in [6.07, 6.45) is 0.871. The number of aryl methyl sites for hydroxylation is 1. The van der Waals surface area contributed by atoms with Crippen molar-refractivity contribution in [3.05, 3.63) is 17.0 Å². The molecule has 0 amide bonds. The van der Waals surface area contributed by atoms with Crippen LogP contribution in [-0.2, 0) is 17.8 Å². The van der Waals surface area contributed by atoms with Crippen molar-refractivity contribution in [2.75, 3.05) is 6.61 Å². The summed E-state index contributed by atoms with van der Waals surface area (Å²) in [6.45, 7) is 3.38. The topological polar surface area (TPSA) is 35.3 Å². The second-order valence-corrected chi connectivity index (χ2v) is 2.47. The highest BCUT2D eigenvalue weighted by Gasteiger charge is 2.16. The van der Waals surface area contributed by atoms with Gasteiger partial charge in [0.1, 0.15) is 5.76 Å². The summed E-state index contributed by atoms with van der Waals surface area (Å²) in [4.78, 5) is 0. The lowest BCUT2D eigenvalue weighted by Gasteiger charge is -2.08. The van der Waals surface area contributed by atoms with Gasteiger partial charge in [-0.05, 0) is 6.92 Å². The predicted molar refractivity (Wildman–Crippen MR) is 34.6 cm³/mol. The summed E-state index contributed by atoms with van der Waals surface area (Å²) in [5, 5.41) is 3.84. The van der Waals surface area contributed by atoms with Gasteiger partial charge in [-0.25, -0.2) is 0 Å². The maximum Gasteiger partial charge on any atom is 0.144 e. The molecule has 2 heterocycles. The summed E-state index contributed by atoms with van der Waals surface area (Å²) in [5.41, 5.74) is 2.11. The van der Waals surface area contributed by atoms with Crippen molar-refractivity contribution in [1.29, 1.82) is 0 Å². The van der Waals surface area contributed by atoms with Crippen molar-refractivity contribution in [3.8, 4) is 0 Å². The molecule has 1 aliphatic heterocycles. The average molecular weight is 139 g/mol. The Balaban J connectivity index is 2.45. The zero-order valence-corrected chi connectivity index (χ0v) is 5.89. The maximum atomic E-state index is 5.24. The van der Waals surface area contributed by atoms with Crippen LogP contribution >= 0.6 is 0 Å². The number of rotatable bonds is 0. The van der Waals surface area contributed by atoms with E-state index in [1.54, 1.807) is 0 Å². The number of hydrogen-bond acceptors (Lipinski definition) is 3. The molecule has 0 fully saturated rings. The van der Waals surface area contributed by atoms with Gasteiger partial charge in [-0.15, -0.1) is 0 Å². The van der Waals surface area contributed by atoms with Crippen LogP contribution < -0.4 is 0 Å². The number of ether oxygens (including phenoxy) is 1. The first kappa shape index (κ1) is 5.92. The fraction of sp³-hybridized carbons (Fsp3) is 0.571. The molecule has 2 rings (SSSR count). The van der Waals surface area contributed by atoms with E-state index in [0.717, 1.165) is 30.0 Å². The second-order valence-electron chi connectivity index (χ2n) is 2.47. The lowest BCUT2D eigenvalue weighted by molar-refractivity contribution is 0.102. The minimum atomic E-state index is 0.671. The van der Waals surface area contributed by atoms with Gasteiger partial charge < -0.3 is 9.26 Å². The molecule has 0 bridgehead atoms. The molecule has 0 saturated heterocycles. The third-order valence-electron chi connectivity index (χ3n) is 1.79. The summed E-state index contributed by atoms with van der Waals surface area (Å²) >= 11 is 0. The van der Waals surface area contributed by atoms with Gasteiger partial charge in [-0.1, -0.05) is 5.16 Å². The van der Waals surface area contributed by atoms with Gasteiger partial charge >= 0.3 is 0 Å². The third kappa shape index (κ3) is 0.743. The van der Waals surface area contributed by atoms with Gasteiger partial charge in [0.2, 0.25) is 0 Å². The first-order valence-corrected chi connectivity index (χ1v) is 3.39. The highest BCUT2D eigenvalue weighted by Crippen LogP contribution is 2.18. The molecule has 10 heavy (non-hydrogen) atoms. The molecule has 3 nitrogen and oxygen atoms in total. The van der Waals surface area contributed by atoms with E-state index in [-0.39, 0.29) is 0 Å². The van der Waals surface area contributed by atoms with Crippen LogP contribution in [0.3, 0.4) is 0 Å². The minimum absolute atomic E-state index is 0.671. The quantitative estimate of drug-likeness (QED) is 0.539. The lowest BCUT2D eigenvalue weighted by atomic mass is 10.1. The predicted octanol–water partition coefficient (Wildman–Crippen LogP) is 1.06. The van der Waals surface area contributed by atoms with E-state index < -0.39 is 0 Å². The highest BCUT2D eigenvalue weighted by molar-refractivity contribution is 5.22. The number of hydrogen-bond donors (Lipinski definition) is 0. The normalized spacial score (nSPS) is 16.9. The van der Waals surface area contributed by atoms with Crippen LogP contribution in [0.5, 0.6) is 0 Å². The molecule has 0 N–H and O–H groups in total. The molecule has 0 radical (unpaired) electrons. The molecule has 0 aliphatic carbocycles. The molecule has 0 atom stereocenters. The van der Waals surface area contributed by atoms with Gasteiger partial charge in [-0.3, -0.25) is 0 Å². The Morgan fingerprint density at radius 1 is 1.50 bits per heavy atom. The van der Waals surface area contributed by atoms with Crippen LogP contribution in [0.4, 0.5) is 0 Å². The van der Waals surface area contributed by atoms with Crippen molar-refractivity contribution in [1.82, 2.24) is 5.16 Å². The van der Waals surface area contributed by atoms with Crippen molar-refractivity contribution >= 4 is 0 Å². The monoisotopic (exact) mass is 139 g/mol. The van der Waals surface area contributed by atoms with E-state index in [4.69, 9.17) is 9.26 Å². The summed E-state index contributed by atoms with van der Waals surface area (Å²) in [7, 11) is 0. The van der Waals surface area contributed by atoms with E-state index in [0.29, 0.717) is 6.61 Å². The fourth-order valence-corrected chi connectivity index (χ4v) is 1.16. The minimum Gasteiger partial charge on any atom is -0.376 e. The van der Waals surface area contributed by atoms with Crippen LogP contribution in [0.1, 0.15) is 17.0 Å². The largest absolute Gasteiger partial charge is 0.376 e. The zero-order valence-electron chi connectivity index (χ0n) is 5.89. The molecule has 0 unspecified atom stereocenters. The third-order valence-corrected chi connectivity index (χ3v) is 1.79. The number of aromatic nitrogens is 1. The van der Waals surface area contributed by atoms with Crippen molar-refractivity contribution in [2.45, 2.75) is 20.0 Å². The van der Waals surface area contributed by atoms with Gasteiger partial charge in [0, 0.05) is 12.0 Å². The Kier molecular flexibility index (Phi) is 1.24. The zero-order chi connectivity index (χ0) is 6.97. The van der Waals surface area contributed by atoms with Crippen LogP contribution in [-0.4, -0.2) is 11.8 Å². The SMILES string of the molecule is Cc1noc2c1COCC2. The van der Waals surface area contributed by atoms with Gasteiger partial charge in [0.25, 0.3) is 0 Å². The summed E-state index contributed by atoms with van der Waals surface area (Å²) in [5.74, 6) is 1.00. The fourth-order valence-electron chi connectivity index (χ4n) is 1.16. The number of fused-ring (bicyclic) bond motifs is 1. The average Bonchev–Trinajstić information content (AvgIpc) is 2.34. The van der Waals surface area contributed by atoms with E-state index in [1.807, 2.05) is 6.92 Å². The Bertz CT molecular complexity index is 242. The standard InChI is InChI=1S/C7H9NO2/c1-5-6-4-9-3-2-7(6)10-8-5/h2-4H2,1H3. The van der Waals surface area contributed by atoms with Gasteiger partial charge in [-0.2, -0.15) is 0 Å². The lowest BCUT2D eigenvalue weighted by Crippen LogP contribution is -2.07. The van der Waals surface area contributed by atoms with Gasteiger partial charge in [0.05, 0.1) is 18.9 Å². The summed E-state index contributed by atoms with van der Waals surface area (Å²) in [6, 6.07) is 0. The Labute approximate surface area is 59.0 Å². The second kappa shape index (κ2) is 2.09. The van der Waals surface area contributed by atoms with E-state index in [1.165, 1.54) is 0 Å². The Morgan fingerprint density at radius 2 is 2.40 bits per heavy atom. The van der Waals surface area contributed by atoms with Crippen LogP contribution in [0.2, 0.25) is 0 Å². The van der Waals surface area contributed by atoms with Crippen LogP contribution in [0.15, 0.2) is 4.52 Å². The first-order chi connectivity index (χ1) is 4.88. The van der Waals surface area contributed by atoms with Crippen molar-refractivity contribution in [2.24, 2.45) is 0 Å². The van der Waals surface area contributed by atoms with E-state index in [2.05, 4.69) is 5.16 Å². The molecule has 1 aromatic rings. The highest BCUT2D eigenvalue weighted by atomic mass is 16.5. The Hall–Kier alpha value is -0.830. The molecule has 0 saturated carbocycles. The van der Waals surface area contributed by atoms with Crippen LogP contribution in [0, 0.1) is 6.92 Å². The maximum absolute atomic E-state index is 5.24. The molecular formula is C7H9NO2. The van der Waals surface area contributed by atoms with Gasteiger partial charge in [0.15, 0.2) is 0 Å². The number of nitrogens with zero attached hydrogens (tertiary/aromatic N) is 1. The first-order valence-electron chi connectivity index (χ1n) is 3.39.